The number of methoxy groups -OCH3 is 1. The number of aromatic nitrogens is 1. The number of H-pyrrole nitrogens is 1. The third-order valence-electron chi connectivity index (χ3n) is 6.36. The maximum absolute atomic E-state index is 12.4. The highest BCUT2D eigenvalue weighted by molar-refractivity contribution is 5.88. The van der Waals surface area contributed by atoms with E-state index in [0.717, 1.165) is 49.1 Å². The zero-order chi connectivity index (χ0) is 20.8. The van der Waals surface area contributed by atoms with Crippen LogP contribution in [0.3, 0.4) is 0 Å². The van der Waals surface area contributed by atoms with Gasteiger partial charge in [0.15, 0.2) is 0 Å². The number of benzene rings is 1. The van der Waals surface area contributed by atoms with Crippen molar-refractivity contribution in [3.8, 4) is 11.6 Å². The van der Waals surface area contributed by atoms with E-state index in [1.807, 2.05) is 18.2 Å². The highest BCUT2D eigenvalue weighted by Gasteiger charge is 2.22. The molecule has 1 aromatic heterocycles. The minimum atomic E-state index is -0.400. The fourth-order valence-electron chi connectivity index (χ4n) is 4.57. The average molecular weight is 415 g/mol. The van der Waals surface area contributed by atoms with Crippen LogP contribution in [-0.2, 0) is 0 Å². The number of ether oxygens (including phenoxy) is 2. The van der Waals surface area contributed by atoms with Crippen LogP contribution in [-0.4, -0.2) is 73.3 Å². The summed E-state index contributed by atoms with van der Waals surface area (Å²) in [5.41, 5.74) is 0.884. The number of carbonyl (C=O) groups is 1. The van der Waals surface area contributed by atoms with Crippen LogP contribution in [0.15, 0.2) is 24.3 Å². The average Bonchev–Trinajstić information content (AvgIpc) is 2.98. The molecule has 0 unspecified atom stereocenters. The second-order valence-corrected chi connectivity index (χ2v) is 8.46. The molecule has 2 N–H and O–H groups in total. The molecule has 2 aliphatic heterocycles. The molecule has 0 bridgehead atoms. The Morgan fingerprint density at radius 3 is 2.47 bits per heavy atom. The summed E-state index contributed by atoms with van der Waals surface area (Å²) in [6.07, 6.45) is 6.99. The number of nitrogens with one attached hydrogen (secondary N) is 2. The first-order chi connectivity index (χ1) is 14.7. The maximum Gasteiger partial charge on any atom is 0.414 e. The number of nitrogens with zero attached hydrogens (tertiary/aromatic N) is 2. The minimum Gasteiger partial charge on any atom is -0.496 e. The Morgan fingerprint density at radius 2 is 1.77 bits per heavy atom. The van der Waals surface area contributed by atoms with Crippen molar-refractivity contribution >= 4 is 17.0 Å². The topological polar surface area (TPSA) is 69.8 Å². The lowest BCUT2D eigenvalue weighted by Gasteiger charge is -2.33. The van der Waals surface area contributed by atoms with Gasteiger partial charge in [0.25, 0.3) is 0 Å². The highest BCUT2D eigenvalue weighted by Crippen LogP contribution is 2.29. The Labute approximate surface area is 178 Å². The molecule has 0 aliphatic carbocycles. The number of carbonyl (C=O) groups excluding carboxylic acids is 1. The smallest absolute Gasteiger partial charge is 0.414 e. The Morgan fingerprint density at radius 1 is 1.07 bits per heavy atom. The molecule has 30 heavy (non-hydrogen) atoms. The number of rotatable bonds is 6. The molecule has 1 amide bonds. The van der Waals surface area contributed by atoms with Gasteiger partial charge in [0.05, 0.1) is 12.6 Å². The van der Waals surface area contributed by atoms with E-state index in [1.165, 1.54) is 45.3 Å². The van der Waals surface area contributed by atoms with E-state index in [9.17, 15) is 4.79 Å². The van der Waals surface area contributed by atoms with Crippen molar-refractivity contribution in [1.82, 2.24) is 20.1 Å². The quantitative estimate of drug-likeness (QED) is 0.756. The van der Waals surface area contributed by atoms with E-state index in [1.54, 1.807) is 13.2 Å². The molecule has 3 heterocycles. The molecular formula is C23H34N4O3. The van der Waals surface area contributed by atoms with Crippen LogP contribution in [0.4, 0.5) is 4.79 Å². The summed E-state index contributed by atoms with van der Waals surface area (Å²) in [6, 6.07) is 7.71. The molecule has 7 nitrogen and oxygen atoms in total. The van der Waals surface area contributed by atoms with Gasteiger partial charge in [-0.1, -0.05) is 18.9 Å². The van der Waals surface area contributed by atoms with Crippen molar-refractivity contribution in [3.05, 3.63) is 24.3 Å². The summed E-state index contributed by atoms with van der Waals surface area (Å²) < 4.78 is 10.8. The molecular weight excluding hydrogens is 380 g/mol. The van der Waals surface area contributed by atoms with Crippen molar-refractivity contribution in [2.75, 3.05) is 46.4 Å². The van der Waals surface area contributed by atoms with E-state index >= 15 is 0 Å². The molecule has 2 aliphatic rings. The Bertz CT molecular complexity index is 821. The standard InChI is InChI=1S/C23H34N4O3/c1-29-21-8-6-7-20-19(21)17-22(25-20)30-23(28)24-18-9-13-27(14-10-18)16-15-26-11-4-2-3-5-12-26/h6-8,17-18,25H,2-5,9-16H2,1H3,(H,24,28). The second kappa shape index (κ2) is 10.2. The van der Waals surface area contributed by atoms with Crippen molar-refractivity contribution in [2.24, 2.45) is 0 Å². The summed E-state index contributed by atoms with van der Waals surface area (Å²) in [7, 11) is 1.63. The maximum atomic E-state index is 12.4. The fourth-order valence-corrected chi connectivity index (χ4v) is 4.57. The Kier molecular flexibility index (Phi) is 7.12. The number of aromatic amines is 1. The fraction of sp³-hybridized carbons (Fsp3) is 0.609. The predicted octanol–water partition coefficient (Wildman–Crippen LogP) is 3.61. The monoisotopic (exact) mass is 414 g/mol. The summed E-state index contributed by atoms with van der Waals surface area (Å²) in [5, 5.41) is 3.93. The first kappa shape index (κ1) is 21.0. The van der Waals surface area contributed by atoms with E-state index in [2.05, 4.69) is 20.1 Å². The Hall–Kier alpha value is -2.25. The number of fused-ring (bicyclic) bond motifs is 1. The van der Waals surface area contributed by atoms with Gasteiger partial charge in [0.2, 0.25) is 5.88 Å². The number of hydrogen-bond donors (Lipinski definition) is 2. The van der Waals surface area contributed by atoms with Crippen LogP contribution in [0.2, 0.25) is 0 Å². The molecule has 2 saturated heterocycles. The number of hydrogen-bond acceptors (Lipinski definition) is 5. The van der Waals surface area contributed by atoms with Gasteiger partial charge in [-0.15, -0.1) is 0 Å². The lowest BCUT2D eigenvalue weighted by molar-refractivity contribution is 0.157. The predicted molar refractivity (Wildman–Crippen MR) is 118 cm³/mol. The van der Waals surface area contributed by atoms with Crippen LogP contribution in [0.5, 0.6) is 11.6 Å². The van der Waals surface area contributed by atoms with E-state index in [4.69, 9.17) is 9.47 Å². The Balaban J connectivity index is 1.20. The summed E-state index contributed by atoms with van der Waals surface area (Å²) >= 11 is 0. The lowest BCUT2D eigenvalue weighted by atomic mass is 10.1. The van der Waals surface area contributed by atoms with Crippen LogP contribution in [0.25, 0.3) is 10.9 Å². The van der Waals surface area contributed by atoms with Gasteiger partial charge in [-0.2, -0.15) is 0 Å². The molecule has 0 spiro atoms. The number of amides is 1. The molecule has 164 valence electrons. The van der Waals surface area contributed by atoms with Gasteiger partial charge in [-0.25, -0.2) is 4.79 Å². The zero-order valence-electron chi connectivity index (χ0n) is 18.0. The van der Waals surface area contributed by atoms with Crippen LogP contribution >= 0.6 is 0 Å². The van der Waals surface area contributed by atoms with Crippen LogP contribution in [0.1, 0.15) is 38.5 Å². The molecule has 2 fully saturated rings. The van der Waals surface area contributed by atoms with Crippen LogP contribution in [0, 0.1) is 0 Å². The molecule has 4 rings (SSSR count). The molecule has 7 heteroatoms. The van der Waals surface area contributed by atoms with E-state index < -0.39 is 6.09 Å². The number of piperidine rings is 1. The highest BCUT2D eigenvalue weighted by atomic mass is 16.6. The first-order valence-corrected chi connectivity index (χ1v) is 11.3. The summed E-state index contributed by atoms with van der Waals surface area (Å²) in [4.78, 5) is 20.6. The van der Waals surface area contributed by atoms with Crippen molar-refractivity contribution in [1.29, 1.82) is 0 Å². The third-order valence-corrected chi connectivity index (χ3v) is 6.36. The second-order valence-electron chi connectivity index (χ2n) is 8.46. The largest absolute Gasteiger partial charge is 0.496 e. The first-order valence-electron chi connectivity index (χ1n) is 11.3. The lowest BCUT2D eigenvalue weighted by Crippen LogP contribution is -2.47. The number of likely N-dealkylation sites (tertiary alicyclic amines) is 2. The molecule has 0 radical (unpaired) electrons. The molecule has 0 saturated carbocycles. The molecule has 0 atom stereocenters. The van der Waals surface area contributed by atoms with Crippen LogP contribution < -0.4 is 14.8 Å². The normalized spacial score (nSPS) is 19.5. The summed E-state index contributed by atoms with van der Waals surface area (Å²) in [5.74, 6) is 1.19. The van der Waals surface area contributed by atoms with E-state index in [0.29, 0.717) is 5.88 Å². The minimum absolute atomic E-state index is 0.172. The van der Waals surface area contributed by atoms with Gasteiger partial charge >= 0.3 is 6.09 Å². The van der Waals surface area contributed by atoms with E-state index in [-0.39, 0.29) is 6.04 Å². The molecule has 1 aromatic carbocycles. The van der Waals surface area contributed by atoms with Gasteiger partial charge in [-0.05, 0) is 50.9 Å². The van der Waals surface area contributed by atoms with Crippen molar-refractivity contribution < 1.29 is 14.3 Å². The SMILES string of the molecule is COc1cccc2[nH]c(OC(=O)NC3CCN(CCN4CCCCCC4)CC3)cc12. The van der Waals surface area contributed by atoms with Gasteiger partial charge in [0.1, 0.15) is 5.75 Å². The zero-order valence-corrected chi connectivity index (χ0v) is 18.0. The van der Waals surface area contributed by atoms with Crippen molar-refractivity contribution in [3.63, 3.8) is 0 Å². The van der Waals surface area contributed by atoms with Gasteiger partial charge in [0, 0.05) is 43.7 Å². The third kappa shape index (κ3) is 5.46. The molecule has 2 aromatic rings. The van der Waals surface area contributed by atoms with Gasteiger partial charge in [-0.3, -0.25) is 0 Å². The van der Waals surface area contributed by atoms with Gasteiger partial charge < -0.3 is 29.6 Å². The van der Waals surface area contributed by atoms with Crippen molar-refractivity contribution in [2.45, 2.75) is 44.6 Å². The summed E-state index contributed by atoms with van der Waals surface area (Å²) in [6.45, 7) is 6.87.